The molecule has 0 aliphatic carbocycles. The summed E-state index contributed by atoms with van der Waals surface area (Å²) >= 11 is 0. The standard InChI is InChI=1S/C12H21NOS2/c1-3-10(2)13-12(14)7-5-4-6-11-8-9-15-16-11/h3,10-11H,1,4-9H2,2H3,(H,13,14)/t10?,11-/m1/s1. The van der Waals surface area contributed by atoms with Crippen molar-refractivity contribution in [1.29, 1.82) is 0 Å². The number of nitrogens with one attached hydrogen (secondary N) is 1. The fraction of sp³-hybridized carbons (Fsp3) is 0.750. The lowest BCUT2D eigenvalue weighted by Gasteiger charge is -2.09. The lowest BCUT2D eigenvalue weighted by Crippen LogP contribution is -2.30. The van der Waals surface area contributed by atoms with E-state index in [-0.39, 0.29) is 11.9 Å². The Morgan fingerprint density at radius 3 is 3.06 bits per heavy atom. The van der Waals surface area contributed by atoms with Crippen molar-refractivity contribution < 1.29 is 4.79 Å². The monoisotopic (exact) mass is 259 g/mol. The molecule has 1 saturated heterocycles. The maximum Gasteiger partial charge on any atom is 0.220 e. The number of carbonyl (C=O) groups is 1. The topological polar surface area (TPSA) is 29.1 Å². The molecule has 0 aromatic rings. The van der Waals surface area contributed by atoms with Crippen molar-refractivity contribution in [3.63, 3.8) is 0 Å². The first-order valence-corrected chi connectivity index (χ1v) is 8.30. The zero-order chi connectivity index (χ0) is 11.8. The minimum atomic E-state index is 0.0919. The fourth-order valence-electron chi connectivity index (χ4n) is 1.61. The largest absolute Gasteiger partial charge is 0.350 e. The normalized spacial score (nSPS) is 21.7. The second-order valence-electron chi connectivity index (χ2n) is 4.17. The van der Waals surface area contributed by atoms with Crippen LogP contribution in [0.4, 0.5) is 0 Å². The van der Waals surface area contributed by atoms with E-state index in [1.165, 1.54) is 25.0 Å². The van der Waals surface area contributed by atoms with E-state index < -0.39 is 0 Å². The number of unbranched alkanes of at least 4 members (excludes halogenated alkanes) is 1. The molecule has 1 N–H and O–H groups in total. The van der Waals surface area contributed by atoms with Crippen LogP contribution in [0.15, 0.2) is 12.7 Å². The molecule has 1 heterocycles. The van der Waals surface area contributed by atoms with Crippen molar-refractivity contribution in [1.82, 2.24) is 5.32 Å². The van der Waals surface area contributed by atoms with E-state index >= 15 is 0 Å². The van der Waals surface area contributed by atoms with Gasteiger partial charge in [-0.25, -0.2) is 0 Å². The lowest BCUT2D eigenvalue weighted by molar-refractivity contribution is -0.121. The van der Waals surface area contributed by atoms with Gasteiger partial charge in [-0.15, -0.1) is 6.58 Å². The zero-order valence-corrected chi connectivity index (χ0v) is 11.5. The number of hydrogen-bond donors (Lipinski definition) is 1. The van der Waals surface area contributed by atoms with E-state index in [0.29, 0.717) is 6.42 Å². The van der Waals surface area contributed by atoms with E-state index in [4.69, 9.17) is 0 Å². The molecular formula is C12H21NOS2. The molecule has 0 aromatic carbocycles. The Labute approximate surface area is 106 Å². The van der Waals surface area contributed by atoms with Gasteiger partial charge in [-0.1, -0.05) is 34.1 Å². The van der Waals surface area contributed by atoms with E-state index in [9.17, 15) is 4.79 Å². The first kappa shape index (κ1) is 14.0. The van der Waals surface area contributed by atoms with Gasteiger partial charge in [0.25, 0.3) is 0 Å². The van der Waals surface area contributed by atoms with Gasteiger partial charge in [-0.3, -0.25) is 4.79 Å². The highest BCUT2D eigenvalue weighted by Gasteiger charge is 2.15. The van der Waals surface area contributed by atoms with Gasteiger partial charge in [0.1, 0.15) is 0 Å². The molecule has 0 spiro atoms. The Bertz CT molecular complexity index is 227. The van der Waals surface area contributed by atoms with Gasteiger partial charge >= 0.3 is 0 Å². The molecule has 4 heteroatoms. The molecule has 1 aliphatic rings. The maximum absolute atomic E-state index is 11.4. The summed E-state index contributed by atoms with van der Waals surface area (Å²) in [6.07, 6.45) is 7.20. The Kier molecular flexibility index (Phi) is 7.05. The predicted molar refractivity (Wildman–Crippen MR) is 74.7 cm³/mol. The Morgan fingerprint density at radius 2 is 2.44 bits per heavy atom. The van der Waals surface area contributed by atoms with E-state index in [0.717, 1.165) is 11.7 Å². The number of carbonyl (C=O) groups excluding carboxylic acids is 1. The van der Waals surface area contributed by atoms with Crippen LogP contribution in [0, 0.1) is 0 Å². The molecule has 2 atom stereocenters. The third kappa shape index (κ3) is 5.85. The minimum absolute atomic E-state index is 0.0919. The molecular weight excluding hydrogens is 238 g/mol. The summed E-state index contributed by atoms with van der Waals surface area (Å²) in [6.45, 7) is 5.58. The average Bonchev–Trinajstić information content (AvgIpc) is 2.77. The summed E-state index contributed by atoms with van der Waals surface area (Å²) < 4.78 is 0. The minimum Gasteiger partial charge on any atom is -0.350 e. The smallest absolute Gasteiger partial charge is 0.220 e. The summed E-state index contributed by atoms with van der Waals surface area (Å²) in [7, 11) is 4.00. The van der Waals surface area contributed by atoms with E-state index in [2.05, 4.69) is 11.9 Å². The van der Waals surface area contributed by atoms with Crippen LogP contribution in [0.1, 0.15) is 39.0 Å². The molecule has 2 nitrogen and oxygen atoms in total. The number of amides is 1. The summed E-state index contributed by atoms with van der Waals surface area (Å²) in [5.41, 5.74) is 0. The van der Waals surface area contributed by atoms with Crippen molar-refractivity contribution in [2.24, 2.45) is 0 Å². The van der Waals surface area contributed by atoms with Crippen LogP contribution in [0.25, 0.3) is 0 Å². The molecule has 92 valence electrons. The van der Waals surface area contributed by atoms with Crippen molar-refractivity contribution in [3.05, 3.63) is 12.7 Å². The Hall–Kier alpha value is -0.0900. The third-order valence-electron chi connectivity index (χ3n) is 2.65. The van der Waals surface area contributed by atoms with Gasteiger partial charge in [0.05, 0.1) is 0 Å². The van der Waals surface area contributed by atoms with Gasteiger partial charge in [-0.2, -0.15) is 0 Å². The van der Waals surface area contributed by atoms with E-state index in [1.807, 2.05) is 28.5 Å². The highest BCUT2D eigenvalue weighted by atomic mass is 33.1. The first-order chi connectivity index (χ1) is 7.72. The number of hydrogen-bond acceptors (Lipinski definition) is 3. The average molecular weight is 259 g/mol. The van der Waals surface area contributed by atoms with Crippen molar-refractivity contribution in [2.75, 3.05) is 5.75 Å². The molecule has 1 rings (SSSR count). The third-order valence-corrected chi connectivity index (χ3v) is 5.66. The predicted octanol–water partition coefficient (Wildman–Crippen LogP) is 3.39. The molecule has 1 aliphatic heterocycles. The second-order valence-corrected chi connectivity index (χ2v) is 6.95. The van der Waals surface area contributed by atoms with Crippen LogP contribution in [-0.4, -0.2) is 23.0 Å². The lowest BCUT2D eigenvalue weighted by atomic mass is 10.1. The van der Waals surface area contributed by atoms with Crippen molar-refractivity contribution in [2.45, 2.75) is 50.3 Å². The van der Waals surface area contributed by atoms with Crippen LogP contribution in [0.3, 0.4) is 0 Å². The van der Waals surface area contributed by atoms with Crippen LogP contribution >= 0.6 is 21.6 Å². The molecule has 1 fully saturated rings. The Morgan fingerprint density at radius 1 is 1.62 bits per heavy atom. The SMILES string of the molecule is C=CC(C)NC(=O)CCCC[C@@H]1CCSS1. The second kappa shape index (κ2) is 8.07. The van der Waals surface area contributed by atoms with Gasteiger partial charge in [0.2, 0.25) is 5.91 Å². The molecule has 0 bridgehead atoms. The van der Waals surface area contributed by atoms with Gasteiger partial charge in [0.15, 0.2) is 0 Å². The van der Waals surface area contributed by atoms with Gasteiger partial charge < -0.3 is 5.32 Å². The van der Waals surface area contributed by atoms with Crippen LogP contribution in [0.5, 0.6) is 0 Å². The molecule has 0 aromatic heterocycles. The van der Waals surface area contributed by atoms with E-state index in [1.54, 1.807) is 6.08 Å². The number of rotatable bonds is 7. The van der Waals surface area contributed by atoms with Gasteiger partial charge in [0, 0.05) is 23.5 Å². The zero-order valence-electron chi connectivity index (χ0n) is 9.91. The van der Waals surface area contributed by atoms with Crippen LogP contribution in [0.2, 0.25) is 0 Å². The summed E-state index contributed by atoms with van der Waals surface area (Å²) in [6, 6.07) is 0.0919. The molecule has 16 heavy (non-hydrogen) atoms. The van der Waals surface area contributed by atoms with Crippen LogP contribution < -0.4 is 5.32 Å². The summed E-state index contributed by atoms with van der Waals surface area (Å²) in [5, 5.41) is 3.73. The molecule has 1 unspecified atom stereocenters. The highest BCUT2D eigenvalue weighted by molar-refractivity contribution is 8.77. The van der Waals surface area contributed by atoms with Crippen molar-refractivity contribution in [3.8, 4) is 0 Å². The summed E-state index contributed by atoms with van der Waals surface area (Å²) in [4.78, 5) is 11.4. The maximum atomic E-state index is 11.4. The first-order valence-electron chi connectivity index (χ1n) is 5.92. The fourth-order valence-corrected chi connectivity index (χ4v) is 4.63. The quantitative estimate of drug-likeness (QED) is 0.432. The van der Waals surface area contributed by atoms with Gasteiger partial charge in [-0.05, 0) is 26.2 Å². The Balaban J connectivity index is 1.97. The highest BCUT2D eigenvalue weighted by Crippen LogP contribution is 2.39. The van der Waals surface area contributed by atoms with Crippen LogP contribution in [-0.2, 0) is 4.79 Å². The van der Waals surface area contributed by atoms with Crippen molar-refractivity contribution >= 4 is 27.5 Å². The summed E-state index contributed by atoms with van der Waals surface area (Å²) in [5.74, 6) is 1.45. The molecule has 1 amide bonds. The molecule has 0 radical (unpaired) electrons. The molecule has 0 saturated carbocycles.